The molecule has 0 radical (unpaired) electrons. The normalized spacial score (nSPS) is 15.4. The van der Waals surface area contributed by atoms with Gasteiger partial charge in [0.15, 0.2) is 0 Å². The summed E-state index contributed by atoms with van der Waals surface area (Å²) in [7, 11) is 0. The Bertz CT molecular complexity index is 1150. The van der Waals surface area contributed by atoms with Crippen LogP contribution in [0.4, 0.5) is 5.69 Å². The monoisotopic (exact) mass is 545 g/mol. The zero-order valence-electron chi connectivity index (χ0n) is 25.1. The fourth-order valence-electron chi connectivity index (χ4n) is 6.12. The molecule has 1 aromatic heterocycles. The van der Waals surface area contributed by atoms with Crippen LogP contribution in [0.3, 0.4) is 0 Å². The number of unbranched alkanes of at least 4 members (excludes halogenated alkanes) is 13. The molecular weight excluding hydrogens is 494 g/mol. The number of hydrogen-bond acceptors (Lipinski definition) is 3. The summed E-state index contributed by atoms with van der Waals surface area (Å²) in [5.41, 5.74) is 3.17. The third-order valence-corrected chi connectivity index (χ3v) is 8.37. The van der Waals surface area contributed by atoms with E-state index in [9.17, 15) is 4.79 Å². The molecule has 218 valence electrons. The second kappa shape index (κ2) is 16.4. The highest BCUT2D eigenvalue weighted by Crippen LogP contribution is 2.34. The molecule has 1 aliphatic rings. The first-order valence-corrected chi connectivity index (χ1v) is 16.2. The van der Waals surface area contributed by atoms with Crippen LogP contribution in [0.15, 0.2) is 48.5 Å². The van der Waals surface area contributed by atoms with E-state index in [2.05, 4.69) is 35.8 Å². The lowest BCUT2D eigenvalue weighted by molar-refractivity contribution is -0.117. The van der Waals surface area contributed by atoms with E-state index in [0.717, 1.165) is 35.7 Å². The molecule has 4 rings (SSSR count). The lowest BCUT2D eigenvalue weighted by Crippen LogP contribution is -2.24. The number of benzene rings is 2. The summed E-state index contributed by atoms with van der Waals surface area (Å²) in [6, 6.07) is 16.3. The number of ether oxygens (including phenoxy) is 1. The Labute approximate surface area is 242 Å². The van der Waals surface area contributed by atoms with Gasteiger partial charge in [0, 0.05) is 31.1 Å². The van der Waals surface area contributed by atoms with E-state index in [-0.39, 0.29) is 11.8 Å². The smallest absolute Gasteiger partial charge is 0.227 e. The molecule has 0 aliphatic carbocycles. The first kappa shape index (κ1) is 30.1. The molecule has 3 aromatic rings. The van der Waals surface area contributed by atoms with Gasteiger partial charge in [-0.15, -0.1) is 0 Å². The summed E-state index contributed by atoms with van der Waals surface area (Å²) < 4.78 is 7.97. The van der Waals surface area contributed by atoms with Gasteiger partial charge >= 0.3 is 0 Å². The highest BCUT2D eigenvalue weighted by Gasteiger charge is 2.34. The zero-order valence-corrected chi connectivity index (χ0v) is 25.1. The van der Waals surface area contributed by atoms with Crippen LogP contribution in [0.1, 0.15) is 122 Å². The number of imidazole rings is 1. The van der Waals surface area contributed by atoms with E-state index in [1.165, 1.54) is 89.0 Å². The molecule has 1 amide bonds. The summed E-state index contributed by atoms with van der Waals surface area (Å²) in [5.74, 6) is 2.18. The number of fused-ring (bicyclic) bond motifs is 1. The highest BCUT2D eigenvalue weighted by atomic mass is 16.5. The van der Waals surface area contributed by atoms with Crippen molar-refractivity contribution in [3.05, 3.63) is 54.4 Å². The lowest BCUT2D eigenvalue weighted by Gasteiger charge is -2.18. The van der Waals surface area contributed by atoms with Gasteiger partial charge < -0.3 is 14.2 Å². The molecule has 1 aliphatic heterocycles. The molecule has 1 atom stereocenters. The second-order valence-electron chi connectivity index (χ2n) is 11.5. The molecule has 0 spiro atoms. The van der Waals surface area contributed by atoms with Gasteiger partial charge in [-0.2, -0.15) is 0 Å². The second-order valence-corrected chi connectivity index (χ2v) is 11.5. The molecule has 0 bridgehead atoms. The van der Waals surface area contributed by atoms with Crippen LogP contribution in [0, 0.1) is 0 Å². The van der Waals surface area contributed by atoms with E-state index < -0.39 is 0 Å². The van der Waals surface area contributed by atoms with E-state index in [1.54, 1.807) is 0 Å². The van der Waals surface area contributed by atoms with Crippen LogP contribution < -0.4 is 9.64 Å². The highest BCUT2D eigenvalue weighted by molar-refractivity contribution is 5.96. The number of rotatable bonds is 19. The standard InChI is InChI=1S/C35H51N3O2/c1-3-5-6-7-8-9-10-11-12-13-14-15-16-19-26-37-33-21-18-17-20-32(33)36-35(37)29-27-34(39)38(28-29)30-22-24-31(25-23-30)40-4-2/h17-18,20-25,29H,3-16,19,26-28H2,1-2H3. The summed E-state index contributed by atoms with van der Waals surface area (Å²) in [6.07, 6.45) is 19.6. The Balaban J connectivity index is 1.23. The third-order valence-electron chi connectivity index (χ3n) is 8.37. The van der Waals surface area contributed by atoms with Gasteiger partial charge in [0.05, 0.1) is 17.6 Å². The molecule has 2 heterocycles. The molecule has 0 saturated carbocycles. The molecule has 1 fully saturated rings. The quantitative estimate of drug-likeness (QED) is 0.141. The summed E-state index contributed by atoms with van der Waals surface area (Å²) in [4.78, 5) is 20.0. The Morgan fingerprint density at radius 2 is 1.38 bits per heavy atom. The van der Waals surface area contributed by atoms with E-state index >= 15 is 0 Å². The average molecular weight is 546 g/mol. The van der Waals surface area contributed by atoms with Crippen LogP contribution in [0.2, 0.25) is 0 Å². The topological polar surface area (TPSA) is 47.4 Å². The van der Waals surface area contributed by atoms with Gasteiger partial charge in [0.2, 0.25) is 5.91 Å². The largest absolute Gasteiger partial charge is 0.494 e. The summed E-state index contributed by atoms with van der Waals surface area (Å²) >= 11 is 0. The van der Waals surface area contributed by atoms with Crippen molar-refractivity contribution in [3.63, 3.8) is 0 Å². The van der Waals surface area contributed by atoms with Gasteiger partial charge in [-0.1, -0.05) is 103 Å². The molecule has 1 saturated heterocycles. The minimum Gasteiger partial charge on any atom is -0.494 e. The number of hydrogen-bond donors (Lipinski definition) is 0. The van der Waals surface area contributed by atoms with Crippen LogP contribution in [-0.4, -0.2) is 28.6 Å². The molecule has 5 nitrogen and oxygen atoms in total. The van der Waals surface area contributed by atoms with Gasteiger partial charge in [-0.3, -0.25) is 4.79 Å². The van der Waals surface area contributed by atoms with Crippen LogP contribution in [0.5, 0.6) is 5.75 Å². The molecule has 40 heavy (non-hydrogen) atoms. The predicted octanol–water partition coefficient (Wildman–Crippen LogP) is 9.44. The van der Waals surface area contributed by atoms with Gasteiger partial charge in [-0.05, 0) is 49.7 Å². The van der Waals surface area contributed by atoms with Crippen molar-refractivity contribution in [3.8, 4) is 5.75 Å². The molecular formula is C35H51N3O2. The zero-order chi connectivity index (χ0) is 28.0. The van der Waals surface area contributed by atoms with Gasteiger partial charge in [0.1, 0.15) is 11.6 Å². The maximum atomic E-state index is 13.1. The van der Waals surface area contributed by atoms with Crippen molar-refractivity contribution in [2.75, 3.05) is 18.1 Å². The van der Waals surface area contributed by atoms with Crippen molar-refractivity contribution >= 4 is 22.6 Å². The molecule has 1 unspecified atom stereocenters. The fourth-order valence-corrected chi connectivity index (χ4v) is 6.12. The number of aryl methyl sites for hydroxylation is 1. The van der Waals surface area contributed by atoms with Crippen LogP contribution >= 0.6 is 0 Å². The van der Waals surface area contributed by atoms with Crippen molar-refractivity contribution in [1.82, 2.24) is 9.55 Å². The molecule has 0 N–H and O–H groups in total. The number of carbonyl (C=O) groups is 1. The predicted molar refractivity (Wildman–Crippen MR) is 167 cm³/mol. The third kappa shape index (κ3) is 8.59. The van der Waals surface area contributed by atoms with Crippen molar-refractivity contribution in [2.24, 2.45) is 0 Å². The van der Waals surface area contributed by atoms with Crippen LogP contribution in [-0.2, 0) is 11.3 Å². The number of amides is 1. The summed E-state index contributed by atoms with van der Waals surface area (Å²) in [5, 5.41) is 0. The van der Waals surface area contributed by atoms with E-state index in [0.29, 0.717) is 19.6 Å². The first-order valence-electron chi connectivity index (χ1n) is 16.2. The minimum absolute atomic E-state index is 0.109. The fraction of sp³-hybridized carbons (Fsp3) is 0.600. The lowest BCUT2D eigenvalue weighted by atomic mass is 10.0. The van der Waals surface area contributed by atoms with Gasteiger partial charge in [-0.25, -0.2) is 4.98 Å². The van der Waals surface area contributed by atoms with E-state index in [4.69, 9.17) is 9.72 Å². The number of para-hydroxylation sites is 2. The maximum absolute atomic E-state index is 13.1. The van der Waals surface area contributed by atoms with Crippen molar-refractivity contribution in [1.29, 1.82) is 0 Å². The number of anilines is 1. The minimum atomic E-state index is 0.109. The maximum Gasteiger partial charge on any atom is 0.227 e. The Hall–Kier alpha value is -2.82. The summed E-state index contributed by atoms with van der Waals surface area (Å²) in [6.45, 7) is 6.55. The van der Waals surface area contributed by atoms with E-state index in [1.807, 2.05) is 36.1 Å². The first-order chi connectivity index (χ1) is 19.7. The number of nitrogens with zero attached hydrogens (tertiary/aromatic N) is 3. The molecule has 5 heteroatoms. The molecule has 2 aromatic carbocycles. The number of aromatic nitrogens is 2. The van der Waals surface area contributed by atoms with Gasteiger partial charge in [0.25, 0.3) is 0 Å². The number of carbonyl (C=O) groups excluding carboxylic acids is 1. The van der Waals surface area contributed by atoms with Crippen molar-refractivity contribution in [2.45, 2.75) is 123 Å². The van der Waals surface area contributed by atoms with Crippen molar-refractivity contribution < 1.29 is 9.53 Å². The van der Waals surface area contributed by atoms with Crippen LogP contribution in [0.25, 0.3) is 11.0 Å². The SMILES string of the molecule is CCCCCCCCCCCCCCCCn1c(C2CC(=O)N(c3ccc(OCC)cc3)C2)nc2ccccc21. The Kier molecular flexibility index (Phi) is 12.4. The Morgan fingerprint density at radius 3 is 2.00 bits per heavy atom. The Morgan fingerprint density at radius 1 is 0.775 bits per heavy atom. The average Bonchev–Trinajstić information content (AvgIpc) is 3.54.